The highest BCUT2D eigenvalue weighted by Crippen LogP contribution is 2.28. The van der Waals surface area contributed by atoms with Gasteiger partial charge in [-0.25, -0.2) is 4.63 Å². The van der Waals surface area contributed by atoms with Crippen LogP contribution in [0.2, 0.25) is 0 Å². The van der Waals surface area contributed by atoms with Crippen molar-refractivity contribution in [2.24, 2.45) is 0 Å². The van der Waals surface area contributed by atoms with E-state index in [-0.39, 0.29) is 0 Å². The van der Waals surface area contributed by atoms with Gasteiger partial charge < -0.3 is 10.6 Å². The van der Waals surface area contributed by atoms with Gasteiger partial charge in [-0.15, -0.1) is 0 Å². The molecular weight excluding hydrogens is 192 g/mol. The van der Waals surface area contributed by atoms with Gasteiger partial charge >= 0.3 is 0 Å². The van der Waals surface area contributed by atoms with Crippen molar-refractivity contribution in [2.45, 2.75) is 19.9 Å². The van der Waals surface area contributed by atoms with Crippen LogP contribution in [-0.2, 0) is 0 Å². The second-order valence-corrected chi connectivity index (χ2v) is 3.84. The lowest BCUT2D eigenvalue weighted by Crippen LogP contribution is -2.25. The van der Waals surface area contributed by atoms with Gasteiger partial charge in [-0.1, -0.05) is 0 Å². The highest BCUT2D eigenvalue weighted by Gasteiger charge is 2.14. The number of nitrogens with zero attached hydrogens (tertiary/aromatic N) is 3. The van der Waals surface area contributed by atoms with E-state index in [4.69, 9.17) is 10.4 Å². The molecule has 0 radical (unpaired) electrons. The van der Waals surface area contributed by atoms with Gasteiger partial charge in [-0.3, -0.25) is 0 Å². The molecule has 1 aromatic carbocycles. The van der Waals surface area contributed by atoms with Gasteiger partial charge in [0.15, 0.2) is 11.0 Å². The zero-order valence-corrected chi connectivity index (χ0v) is 9.06. The highest BCUT2D eigenvalue weighted by atomic mass is 16.6. The van der Waals surface area contributed by atoms with E-state index < -0.39 is 0 Å². The highest BCUT2D eigenvalue weighted by molar-refractivity contribution is 5.95. The summed E-state index contributed by atoms with van der Waals surface area (Å²) in [4.78, 5) is 2.10. The van der Waals surface area contributed by atoms with Crippen LogP contribution in [0.25, 0.3) is 11.0 Å². The number of nitrogen functional groups attached to an aromatic ring is 1. The Morgan fingerprint density at radius 3 is 2.60 bits per heavy atom. The zero-order chi connectivity index (χ0) is 11.0. The Balaban J connectivity index is 2.62. The number of hydrogen-bond donors (Lipinski definition) is 1. The molecule has 80 valence electrons. The molecule has 0 atom stereocenters. The molecule has 0 saturated heterocycles. The molecule has 0 amide bonds. The minimum atomic E-state index is 0.383. The molecule has 0 bridgehead atoms. The Bertz CT molecular complexity index is 477. The van der Waals surface area contributed by atoms with Crippen molar-refractivity contribution in [1.29, 1.82) is 0 Å². The fourth-order valence-electron chi connectivity index (χ4n) is 1.44. The second kappa shape index (κ2) is 3.42. The number of aromatic nitrogens is 2. The van der Waals surface area contributed by atoms with E-state index in [1.54, 1.807) is 0 Å². The van der Waals surface area contributed by atoms with Gasteiger partial charge in [0.05, 0.1) is 11.4 Å². The van der Waals surface area contributed by atoms with E-state index in [2.05, 4.69) is 29.1 Å². The summed E-state index contributed by atoms with van der Waals surface area (Å²) < 4.78 is 4.71. The van der Waals surface area contributed by atoms with Crippen molar-refractivity contribution in [3.63, 3.8) is 0 Å². The van der Waals surface area contributed by atoms with Crippen LogP contribution in [0.3, 0.4) is 0 Å². The predicted molar refractivity (Wildman–Crippen MR) is 59.8 cm³/mol. The standard InChI is InChI=1S/C10H14N4O/c1-6(2)14(3)8-5-4-7(11)9-10(8)13-15-12-9/h4-6H,11H2,1-3H3. The third kappa shape index (κ3) is 1.49. The van der Waals surface area contributed by atoms with Crippen molar-refractivity contribution >= 4 is 22.4 Å². The molecule has 0 aliphatic carbocycles. The van der Waals surface area contributed by atoms with Crippen molar-refractivity contribution < 1.29 is 4.63 Å². The number of anilines is 2. The van der Waals surface area contributed by atoms with E-state index in [0.29, 0.717) is 22.8 Å². The molecule has 5 nitrogen and oxygen atoms in total. The minimum absolute atomic E-state index is 0.383. The third-order valence-corrected chi connectivity index (χ3v) is 2.58. The fourth-order valence-corrected chi connectivity index (χ4v) is 1.44. The molecule has 5 heteroatoms. The lowest BCUT2D eigenvalue weighted by atomic mass is 10.2. The van der Waals surface area contributed by atoms with Crippen molar-refractivity contribution in [3.05, 3.63) is 12.1 Å². The Labute approximate surface area is 87.8 Å². The summed E-state index contributed by atoms with van der Waals surface area (Å²) in [6, 6.07) is 4.14. The Morgan fingerprint density at radius 1 is 1.27 bits per heavy atom. The minimum Gasteiger partial charge on any atom is -0.397 e. The molecule has 2 rings (SSSR count). The molecule has 0 saturated carbocycles. The average molecular weight is 206 g/mol. The topological polar surface area (TPSA) is 68.2 Å². The summed E-state index contributed by atoms with van der Waals surface area (Å²) in [5.41, 5.74) is 8.68. The average Bonchev–Trinajstić information content (AvgIpc) is 2.66. The zero-order valence-electron chi connectivity index (χ0n) is 9.06. The SMILES string of the molecule is CC(C)N(C)c1ccc(N)c2nonc12. The monoisotopic (exact) mass is 206 g/mol. The van der Waals surface area contributed by atoms with E-state index in [0.717, 1.165) is 5.69 Å². The summed E-state index contributed by atoms with van der Waals surface area (Å²) in [6.45, 7) is 4.21. The largest absolute Gasteiger partial charge is 0.397 e. The molecule has 15 heavy (non-hydrogen) atoms. The van der Waals surface area contributed by atoms with Gasteiger partial charge in [0.25, 0.3) is 0 Å². The number of fused-ring (bicyclic) bond motifs is 1. The molecule has 2 N–H and O–H groups in total. The molecule has 1 aromatic heterocycles. The van der Waals surface area contributed by atoms with Crippen LogP contribution in [-0.4, -0.2) is 23.4 Å². The van der Waals surface area contributed by atoms with Gasteiger partial charge in [-0.2, -0.15) is 0 Å². The summed E-state index contributed by atoms with van der Waals surface area (Å²) >= 11 is 0. The Hall–Kier alpha value is -1.78. The van der Waals surface area contributed by atoms with E-state index in [1.807, 2.05) is 19.2 Å². The summed E-state index contributed by atoms with van der Waals surface area (Å²) in [5.74, 6) is 0. The summed E-state index contributed by atoms with van der Waals surface area (Å²) in [7, 11) is 2.00. The summed E-state index contributed by atoms with van der Waals surface area (Å²) in [5, 5.41) is 7.66. The molecule has 0 spiro atoms. The quantitative estimate of drug-likeness (QED) is 0.756. The number of hydrogen-bond acceptors (Lipinski definition) is 5. The van der Waals surface area contributed by atoms with Gasteiger partial charge in [0.2, 0.25) is 0 Å². The van der Waals surface area contributed by atoms with Crippen LogP contribution >= 0.6 is 0 Å². The lowest BCUT2D eigenvalue weighted by Gasteiger charge is -2.23. The van der Waals surface area contributed by atoms with Crippen LogP contribution in [0.5, 0.6) is 0 Å². The van der Waals surface area contributed by atoms with Crippen LogP contribution < -0.4 is 10.6 Å². The summed E-state index contributed by atoms with van der Waals surface area (Å²) in [6.07, 6.45) is 0. The maximum Gasteiger partial charge on any atom is 0.160 e. The Kier molecular flexibility index (Phi) is 2.22. The van der Waals surface area contributed by atoms with E-state index >= 15 is 0 Å². The molecule has 0 aliphatic rings. The van der Waals surface area contributed by atoms with Crippen LogP contribution in [0, 0.1) is 0 Å². The fraction of sp³-hybridized carbons (Fsp3) is 0.400. The Morgan fingerprint density at radius 2 is 1.93 bits per heavy atom. The third-order valence-electron chi connectivity index (χ3n) is 2.58. The lowest BCUT2D eigenvalue weighted by molar-refractivity contribution is 0.315. The molecule has 0 unspecified atom stereocenters. The first-order chi connectivity index (χ1) is 7.11. The number of nitrogens with two attached hydrogens (primary N) is 1. The van der Waals surface area contributed by atoms with Crippen LogP contribution in [0.15, 0.2) is 16.8 Å². The van der Waals surface area contributed by atoms with Crippen molar-refractivity contribution in [3.8, 4) is 0 Å². The van der Waals surface area contributed by atoms with Crippen LogP contribution in [0.1, 0.15) is 13.8 Å². The van der Waals surface area contributed by atoms with Gasteiger partial charge in [-0.05, 0) is 36.3 Å². The molecular formula is C10H14N4O. The van der Waals surface area contributed by atoms with Crippen LogP contribution in [0.4, 0.5) is 11.4 Å². The second-order valence-electron chi connectivity index (χ2n) is 3.84. The normalized spacial score (nSPS) is 11.2. The van der Waals surface area contributed by atoms with E-state index in [9.17, 15) is 0 Å². The van der Waals surface area contributed by atoms with Gasteiger partial charge in [0.1, 0.15) is 0 Å². The first-order valence-electron chi connectivity index (χ1n) is 4.85. The van der Waals surface area contributed by atoms with Gasteiger partial charge in [0, 0.05) is 13.1 Å². The van der Waals surface area contributed by atoms with Crippen molar-refractivity contribution in [1.82, 2.24) is 10.3 Å². The number of benzene rings is 1. The van der Waals surface area contributed by atoms with Crippen molar-refractivity contribution in [2.75, 3.05) is 17.7 Å². The maximum absolute atomic E-state index is 5.76. The number of rotatable bonds is 2. The first-order valence-corrected chi connectivity index (χ1v) is 4.85. The maximum atomic E-state index is 5.76. The predicted octanol–water partition coefficient (Wildman–Crippen LogP) is 1.65. The molecule has 0 aliphatic heterocycles. The molecule has 1 heterocycles. The van der Waals surface area contributed by atoms with E-state index in [1.165, 1.54) is 0 Å². The smallest absolute Gasteiger partial charge is 0.160 e. The first kappa shape index (κ1) is 9.76. The molecule has 0 fully saturated rings. The molecule has 2 aromatic rings.